The molecule has 5 nitrogen and oxygen atoms in total. The molecule has 4 rings (SSSR count). The topological polar surface area (TPSA) is 55.1 Å². The highest BCUT2D eigenvalue weighted by Crippen LogP contribution is 2.30. The van der Waals surface area contributed by atoms with Gasteiger partial charge in [0.25, 0.3) is 0 Å². The van der Waals surface area contributed by atoms with Gasteiger partial charge in [0.1, 0.15) is 11.5 Å². The Morgan fingerprint density at radius 3 is 2.50 bits per heavy atom. The Morgan fingerprint density at radius 2 is 1.68 bits per heavy atom. The molecule has 0 spiro atoms. The normalized spacial score (nSPS) is 10.7. The molecule has 0 aliphatic carbocycles. The summed E-state index contributed by atoms with van der Waals surface area (Å²) in [6, 6.07) is 13.9. The summed E-state index contributed by atoms with van der Waals surface area (Å²) in [5, 5.41) is 3.45. The maximum Gasteiger partial charge on any atom is 0.157 e. The molecule has 0 radical (unpaired) electrons. The summed E-state index contributed by atoms with van der Waals surface area (Å²) in [5.74, 6) is 0.912. The van der Waals surface area contributed by atoms with E-state index in [0.717, 1.165) is 28.4 Å². The highest BCUT2D eigenvalue weighted by atomic mass is 15.1. The molecular formula is C17H13N5. The van der Waals surface area contributed by atoms with Crippen LogP contribution in [-0.2, 0) is 0 Å². The smallest absolute Gasteiger partial charge is 0.157 e. The number of fused-ring (bicyclic) bond motifs is 1. The SMILES string of the molecule is c1ccc(Nc2c(-c3ccncc3)nc3cnccn23)cc1. The Hall–Kier alpha value is -3.21. The van der Waals surface area contributed by atoms with Gasteiger partial charge in [-0.2, -0.15) is 0 Å². The van der Waals surface area contributed by atoms with Crippen molar-refractivity contribution in [3.63, 3.8) is 0 Å². The van der Waals surface area contributed by atoms with Crippen LogP contribution in [0.3, 0.4) is 0 Å². The Bertz CT molecular complexity index is 900. The number of nitrogens with zero attached hydrogens (tertiary/aromatic N) is 4. The second-order valence-corrected chi connectivity index (χ2v) is 4.84. The fourth-order valence-electron chi connectivity index (χ4n) is 2.40. The van der Waals surface area contributed by atoms with Crippen LogP contribution in [0.2, 0.25) is 0 Å². The van der Waals surface area contributed by atoms with Crippen molar-refractivity contribution in [3.8, 4) is 11.3 Å². The van der Waals surface area contributed by atoms with E-state index in [1.54, 1.807) is 24.8 Å². The number of nitrogens with one attached hydrogen (secondary N) is 1. The molecule has 3 aromatic heterocycles. The average Bonchev–Trinajstić information content (AvgIpc) is 2.95. The lowest BCUT2D eigenvalue weighted by atomic mass is 10.2. The highest BCUT2D eigenvalue weighted by molar-refractivity contribution is 5.79. The van der Waals surface area contributed by atoms with E-state index >= 15 is 0 Å². The molecule has 0 aliphatic heterocycles. The van der Waals surface area contributed by atoms with Gasteiger partial charge in [0.05, 0.1) is 6.20 Å². The van der Waals surface area contributed by atoms with E-state index in [0.29, 0.717) is 0 Å². The van der Waals surface area contributed by atoms with Gasteiger partial charge in [0.15, 0.2) is 5.65 Å². The van der Waals surface area contributed by atoms with Crippen LogP contribution >= 0.6 is 0 Å². The number of hydrogen-bond donors (Lipinski definition) is 1. The molecule has 0 saturated carbocycles. The first-order valence-corrected chi connectivity index (χ1v) is 6.96. The number of pyridine rings is 1. The molecule has 1 N–H and O–H groups in total. The van der Waals surface area contributed by atoms with E-state index in [4.69, 9.17) is 0 Å². The predicted molar refractivity (Wildman–Crippen MR) is 85.9 cm³/mol. The minimum absolute atomic E-state index is 0.799. The molecule has 4 aromatic rings. The van der Waals surface area contributed by atoms with E-state index in [1.807, 2.05) is 53.1 Å². The number of anilines is 2. The van der Waals surface area contributed by atoms with Crippen LogP contribution in [0.5, 0.6) is 0 Å². The van der Waals surface area contributed by atoms with Crippen LogP contribution in [0.1, 0.15) is 0 Å². The van der Waals surface area contributed by atoms with E-state index < -0.39 is 0 Å². The van der Waals surface area contributed by atoms with Gasteiger partial charge in [0.2, 0.25) is 0 Å². The van der Waals surface area contributed by atoms with Gasteiger partial charge >= 0.3 is 0 Å². The van der Waals surface area contributed by atoms with Crippen molar-refractivity contribution < 1.29 is 0 Å². The number of imidazole rings is 1. The monoisotopic (exact) mass is 287 g/mol. The minimum atomic E-state index is 0.799. The number of hydrogen-bond acceptors (Lipinski definition) is 4. The van der Waals surface area contributed by atoms with Crippen LogP contribution in [0, 0.1) is 0 Å². The molecule has 0 amide bonds. The summed E-state index contributed by atoms with van der Waals surface area (Å²) in [6.07, 6.45) is 8.94. The number of benzene rings is 1. The molecule has 3 heterocycles. The van der Waals surface area contributed by atoms with Crippen LogP contribution in [-0.4, -0.2) is 19.4 Å². The van der Waals surface area contributed by atoms with Gasteiger partial charge in [-0.1, -0.05) is 18.2 Å². The van der Waals surface area contributed by atoms with Crippen molar-refractivity contribution in [1.82, 2.24) is 19.4 Å². The second-order valence-electron chi connectivity index (χ2n) is 4.84. The molecule has 0 bridgehead atoms. The summed E-state index contributed by atoms with van der Waals surface area (Å²) < 4.78 is 2.00. The first-order chi connectivity index (χ1) is 10.9. The summed E-state index contributed by atoms with van der Waals surface area (Å²) in [6.45, 7) is 0. The predicted octanol–water partition coefficient (Wildman–Crippen LogP) is 3.53. The third-order valence-electron chi connectivity index (χ3n) is 3.42. The van der Waals surface area contributed by atoms with E-state index in [2.05, 4.69) is 20.3 Å². The number of rotatable bonds is 3. The maximum absolute atomic E-state index is 4.69. The van der Waals surface area contributed by atoms with Gasteiger partial charge < -0.3 is 5.32 Å². The summed E-state index contributed by atoms with van der Waals surface area (Å²) >= 11 is 0. The minimum Gasteiger partial charge on any atom is -0.339 e. The molecule has 0 saturated heterocycles. The molecular weight excluding hydrogens is 274 g/mol. The Kier molecular flexibility index (Phi) is 3.01. The average molecular weight is 287 g/mol. The third kappa shape index (κ3) is 2.18. The zero-order valence-corrected chi connectivity index (χ0v) is 11.7. The largest absolute Gasteiger partial charge is 0.339 e. The van der Waals surface area contributed by atoms with E-state index in [-0.39, 0.29) is 0 Å². The van der Waals surface area contributed by atoms with Crippen molar-refractivity contribution in [2.75, 3.05) is 5.32 Å². The fraction of sp³-hybridized carbons (Fsp3) is 0. The van der Waals surface area contributed by atoms with Crippen molar-refractivity contribution in [2.45, 2.75) is 0 Å². The Morgan fingerprint density at radius 1 is 0.864 bits per heavy atom. The van der Waals surface area contributed by atoms with E-state index in [1.165, 1.54) is 0 Å². The van der Waals surface area contributed by atoms with Gasteiger partial charge in [-0.3, -0.25) is 14.4 Å². The Balaban J connectivity index is 1.91. The molecule has 0 aliphatic rings. The lowest BCUT2D eigenvalue weighted by molar-refractivity contribution is 1.13. The Labute approximate surface area is 127 Å². The fourth-order valence-corrected chi connectivity index (χ4v) is 2.40. The first kappa shape index (κ1) is 12.5. The third-order valence-corrected chi connectivity index (χ3v) is 3.42. The van der Waals surface area contributed by atoms with Crippen molar-refractivity contribution >= 4 is 17.2 Å². The zero-order valence-electron chi connectivity index (χ0n) is 11.7. The van der Waals surface area contributed by atoms with Gasteiger partial charge in [0, 0.05) is 36.0 Å². The van der Waals surface area contributed by atoms with Crippen molar-refractivity contribution in [1.29, 1.82) is 0 Å². The number of para-hydroxylation sites is 1. The molecule has 1 aromatic carbocycles. The van der Waals surface area contributed by atoms with Crippen LogP contribution in [0.25, 0.3) is 16.9 Å². The molecule has 106 valence electrons. The lowest BCUT2D eigenvalue weighted by Crippen LogP contribution is -1.96. The van der Waals surface area contributed by atoms with Gasteiger partial charge in [-0.05, 0) is 24.3 Å². The summed E-state index contributed by atoms with van der Waals surface area (Å²) in [5.41, 5.74) is 3.69. The summed E-state index contributed by atoms with van der Waals surface area (Å²) in [7, 11) is 0. The molecule has 0 fully saturated rings. The van der Waals surface area contributed by atoms with E-state index in [9.17, 15) is 0 Å². The van der Waals surface area contributed by atoms with Crippen LogP contribution < -0.4 is 5.32 Å². The highest BCUT2D eigenvalue weighted by Gasteiger charge is 2.14. The lowest BCUT2D eigenvalue weighted by Gasteiger charge is -2.08. The van der Waals surface area contributed by atoms with Gasteiger partial charge in [-0.15, -0.1) is 0 Å². The number of aromatic nitrogens is 4. The standard InChI is InChI=1S/C17H13N5/c1-2-4-14(5-3-1)20-17-16(13-6-8-18-9-7-13)21-15-12-19-10-11-22(15)17/h1-12,20H. The maximum atomic E-state index is 4.69. The zero-order chi connectivity index (χ0) is 14.8. The molecule has 0 unspecified atom stereocenters. The van der Waals surface area contributed by atoms with Crippen LogP contribution in [0.15, 0.2) is 73.4 Å². The first-order valence-electron chi connectivity index (χ1n) is 6.96. The van der Waals surface area contributed by atoms with Crippen molar-refractivity contribution in [3.05, 3.63) is 73.4 Å². The van der Waals surface area contributed by atoms with Gasteiger partial charge in [-0.25, -0.2) is 4.98 Å². The second kappa shape index (κ2) is 5.29. The summed E-state index contributed by atoms with van der Waals surface area (Å²) in [4.78, 5) is 12.9. The quantitative estimate of drug-likeness (QED) is 0.626. The molecule has 5 heteroatoms. The molecule has 0 atom stereocenters. The van der Waals surface area contributed by atoms with Crippen LogP contribution in [0.4, 0.5) is 11.5 Å². The molecule has 22 heavy (non-hydrogen) atoms. The van der Waals surface area contributed by atoms with Crippen molar-refractivity contribution in [2.24, 2.45) is 0 Å².